The minimum atomic E-state index is -4.48. The summed E-state index contributed by atoms with van der Waals surface area (Å²) in [6.45, 7) is 3.28. The van der Waals surface area contributed by atoms with Crippen molar-refractivity contribution >= 4 is 0 Å². The maximum Gasteiger partial charge on any atom is 0.433 e. The fourth-order valence-corrected chi connectivity index (χ4v) is 1.45. The van der Waals surface area contributed by atoms with Gasteiger partial charge in [-0.2, -0.15) is 13.2 Å². The molecule has 1 aromatic rings. The van der Waals surface area contributed by atoms with Gasteiger partial charge in [-0.1, -0.05) is 6.92 Å². The SMILES string of the molecule is CCC(c1nccc(C(F)(F)F)n1)C(C)O. The van der Waals surface area contributed by atoms with E-state index in [-0.39, 0.29) is 5.82 Å². The Hall–Kier alpha value is -1.17. The lowest BCUT2D eigenvalue weighted by Gasteiger charge is -2.17. The van der Waals surface area contributed by atoms with Gasteiger partial charge >= 0.3 is 6.18 Å². The summed E-state index contributed by atoms with van der Waals surface area (Å²) in [6.07, 6.45) is -3.70. The maximum atomic E-state index is 12.4. The van der Waals surface area contributed by atoms with Crippen molar-refractivity contribution in [3.63, 3.8) is 0 Å². The Balaban J connectivity index is 3.07. The molecule has 0 saturated heterocycles. The standard InChI is InChI=1S/C10H13F3N2O/c1-3-7(6(2)16)9-14-5-4-8(15-9)10(11,12)13/h4-7,16H,3H2,1-2H3. The van der Waals surface area contributed by atoms with Crippen molar-refractivity contribution < 1.29 is 18.3 Å². The van der Waals surface area contributed by atoms with Gasteiger partial charge in [0.25, 0.3) is 0 Å². The van der Waals surface area contributed by atoms with Gasteiger partial charge in [0.05, 0.1) is 6.10 Å². The van der Waals surface area contributed by atoms with E-state index in [0.29, 0.717) is 6.42 Å². The quantitative estimate of drug-likeness (QED) is 0.873. The highest BCUT2D eigenvalue weighted by molar-refractivity contribution is 5.09. The number of nitrogens with zero attached hydrogens (tertiary/aromatic N) is 2. The molecule has 0 amide bonds. The van der Waals surface area contributed by atoms with Crippen molar-refractivity contribution in [3.05, 3.63) is 23.8 Å². The predicted octanol–water partition coefficient (Wildman–Crippen LogP) is 2.37. The molecule has 0 aliphatic carbocycles. The number of halogens is 3. The van der Waals surface area contributed by atoms with Crippen LogP contribution in [0.3, 0.4) is 0 Å². The molecule has 0 aromatic carbocycles. The van der Waals surface area contributed by atoms with Crippen LogP contribution in [-0.4, -0.2) is 21.2 Å². The van der Waals surface area contributed by atoms with E-state index in [1.54, 1.807) is 6.92 Å². The number of rotatable bonds is 3. The van der Waals surface area contributed by atoms with Gasteiger partial charge in [0, 0.05) is 12.1 Å². The first-order valence-electron chi connectivity index (χ1n) is 4.94. The molecule has 0 aliphatic rings. The summed E-state index contributed by atoms with van der Waals surface area (Å²) in [5, 5.41) is 9.40. The second-order valence-corrected chi connectivity index (χ2v) is 3.55. The topological polar surface area (TPSA) is 46.0 Å². The molecule has 90 valence electrons. The van der Waals surface area contributed by atoms with Gasteiger partial charge in [0.1, 0.15) is 11.5 Å². The highest BCUT2D eigenvalue weighted by Crippen LogP contribution is 2.29. The molecule has 0 bridgehead atoms. The Kier molecular flexibility index (Phi) is 3.85. The predicted molar refractivity (Wildman–Crippen MR) is 51.7 cm³/mol. The van der Waals surface area contributed by atoms with Crippen LogP contribution in [0.2, 0.25) is 0 Å². The summed E-state index contributed by atoms with van der Waals surface area (Å²) in [5.74, 6) is -0.436. The second-order valence-electron chi connectivity index (χ2n) is 3.55. The van der Waals surface area contributed by atoms with Crippen LogP contribution in [0.1, 0.15) is 37.7 Å². The van der Waals surface area contributed by atoms with Gasteiger partial charge in [-0.3, -0.25) is 0 Å². The Bertz CT molecular complexity index is 352. The number of alkyl halides is 3. The van der Waals surface area contributed by atoms with E-state index in [9.17, 15) is 18.3 Å². The van der Waals surface area contributed by atoms with Crippen LogP contribution in [0.15, 0.2) is 12.3 Å². The van der Waals surface area contributed by atoms with E-state index >= 15 is 0 Å². The van der Waals surface area contributed by atoms with Crippen LogP contribution in [0.25, 0.3) is 0 Å². The second kappa shape index (κ2) is 4.78. The third-order valence-electron chi connectivity index (χ3n) is 2.32. The summed E-state index contributed by atoms with van der Waals surface area (Å²) < 4.78 is 37.2. The smallest absolute Gasteiger partial charge is 0.393 e. The maximum absolute atomic E-state index is 12.4. The normalized spacial score (nSPS) is 15.9. The van der Waals surface area contributed by atoms with Crippen molar-refractivity contribution in [2.45, 2.75) is 38.5 Å². The van der Waals surface area contributed by atoms with Gasteiger partial charge in [-0.15, -0.1) is 0 Å². The number of hydrogen-bond acceptors (Lipinski definition) is 3. The lowest BCUT2D eigenvalue weighted by atomic mass is 10.00. The Morgan fingerprint density at radius 3 is 2.50 bits per heavy atom. The number of aromatic nitrogens is 2. The van der Waals surface area contributed by atoms with Gasteiger partial charge in [-0.05, 0) is 19.4 Å². The van der Waals surface area contributed by atoms with Gasteiger partial charge in [0.15, 0.2) is 0 Å². The highest BCUT2D eigenvalue weighted by Gasteiger charge is 2.33. The van der Waals surface area contributed by atoms with Crippen LogP contribution in [0.5, 0.6) is 0 Å². The Morgan fingerprint density at radius 1 is 1.44 bits per heavy atom. The molecule has 0 aliphatic heterocycles. The molecule has 16 heavy (non-hydrogen) atoms. The Morgan fingerprint density at radius 2 is 2.06 bits per heavy atom. The third kappa shape index (κ3) is 2.91. The molecule has 1 N–H and O–H groups in total. The average molecular weight is 234 g/mol. The largest absolute Gasteiger partial charge is 0.433 e. The lowest BCUT2D eigenvalue weighted by molar-refractivity contribution is -0.141. The minimum Gasteiger partial charge on any atom is -0.393 e. The molecule has 0 fully saturated rings. The Labute approximate surface area is 91.4 Å². The highest BCUT2D eigenvalue weighted by atomic mass is 19.4. The van der Waals surface area contributed by atoms with E-state index in [1.165, 1.54) is 6.92 Å². The molecule has 0 radical (unpaired) electrons. The van der Waals surface area contributed by atoms with Gasteiger partial charge in [0.2, 0.25) is 0 Å². The van der Waals surface area contributed by atoms with Crippen LogP contribution < -0.4 is 0 Å². The molecule has 3 nitrogen and oxygen atoms in total. The van der Waals surface area contributed by atoms with Crippen molar-refractivity contribution in [2.24, 2.45) is 0 Å². The van der Waals surface area contributed by atoms with Crippen LogP contribution >= 0.6 is 0 Å². The lowest BCUT2D eigenvalue weighted by Crippen LogP contribution is -2.19. The molecule has 2 atom stereocenters. The van der Waals surface area contributed by atoms with Crippen molar-refractivity contribution in [3.8, 4) is 0 Å². The molecular formula is C10H13F3N2O. The first-order valence-corrected chi connectivity index (χ1v) is 4.94. The average Bonchev–Trinajstić information content (AvgIpc) is 2.17. The molecule has 0 spiro atoms. The first kappa shape index (κ1) is 12.9. The molecule has 1 aromatic heterocycles. The zero-order valence-electron chi connectivity index (χ0n) is 8.99. The number of hydrogen-bond donors (Lipinski definition) is 1. The summed E-state index contributed by atoms with van der Waals surface area (Å²) in [5.41, 5.74) is -0.975. The summed E-state index contributed by atoms with van der Waals surface area (Å²) in [4.78, 5) is 7.21. The molecule has 2 unspecified atom stereocenters. The van der Waals surface area contributed by atoms with Gasteiger partial charge < -0.3 is 5.11 Å². The number of aliphatic hydroxyl groups is 1. The number of aliphatic hydroxyl groups excluding tert-OH is 1. The van der Waals surface area contributed by atoms with Gasteiger partial charge in [-0.25, -0.2) is 9.97 Å². The van der Waals surface area contributed by atoms with E-state index in [4.69, 9.17) is 0 Å². The zero-order valence-corrected chi connectivity index (χ0v) is 8.99. The van der Waals surface area contributed by atoms with Crippen molar-refractivity contribution in [2.75, 3.05) is 0 Å². The summed E-state index contributed by atoms with van der Waals surface area (Å²) >= 11 is 0. The fourth-order valence-electron chi connectivity index (χ4n) is 1.45. The van der Waals surface area contributed by atoms with Crippen molar-refractivity contribution in [1.29, 1.82) is 0 Å². The van der Waals surface area contributed by atoms with E-state index in [1.807, 2.05) is 0 Å². The van der Waals surface area contributed by atoms with Crippen LogP contribution in [0, 0.1) is 0 Å². The van der Waals surface area contributed by atoms with E-state index in [2.05, 4.69) is 9.97 Å². The monoisotopic (exact) mass is 234 g/mol. The fraction of sp³-hybridized carbons (Fsp3) is 0.600. The van der Waals surface area contributed by atoms with E-state index in [0.717, 1.165) is 12.3 Å². The molecular weight excluding hydrogens is 221 g/mol. The van der Waals surface area contributed by atoms with Crippen LogP contribution in [0.4, 0.5) is 13.2 Å². The van der Waals surface area contributed by atoms with Crippen LogP contribution in [-0.2, 0) is 6.18 Å². The summed E-state index contributed by atoms with van der Waals surface area (Å²) in [6, 6.07) is 0.818. The molecule has 1 heterocycles. The molecule has 1 rings (SSSR count). The third-order valence-corrected chi connectivity index (χ3v) is 2.32. The molecule has 0 saturated carbocycles. The molecule has 6 heteroatoms. The zero-order chi connectivity index (χ0) is 12.3. The first-order chi connectivity index (χ1) is 7.36. The van der Waals surface area contributed by atoms with Crippen molar-refractivity contribution in [1.82, 2.24) is 9.97 Å². The summed E-state index contributed by atoms with van der Waals surface area (Å²) in [7, 11) is 0. The minimum absolute atomic E-state index is 0.0346. The van der Waals surface area contributed by atoms with E-state index < -0.39 is 23.9 Å².